The lowest BCUT2D eigenvalue weighted by atomic mass is 10.1. The molecule has 72 valence electrons. The molecule has 1 heteroatoms. The smallest absolute Gasteiger partial charge is 0.106 e. The van der Waals surface area contributed by atoms with Crippen molar-refractivity contribution < 1.29 is 0 Å². The van der Waals surface area contributed by atoms with Gasteiger partial charge in [0.25, 0.3) is 14.1 Å². The summed E-state index contributed by atoms with van der Waals surface area (Å²) in [5, 5.41) is 3.11. The second-order valence-electron chi connectivity index (χ2n) is 4.60. The molecule has 2 atom stereocenters. The zero-order valence-corrected chi connectivity index (χ0v) is 10.7. The van der Waals surface area contributed by atoms with Gasteiger partial charge >= 0.3 is 0 Å². The van der Waals surface area contributed by atoms with Crippen molar-refractivity contribution in [3.63, 3.8) is 0 Å². The van der Waals surface area contributed by atoms with Gasteiger partial charge in [-0.2, -0.15) is 0 Å². The van der Waals surface area contributed by atoms with Crippen LogP contribution in [0.15, 0.2) is 0 Å². The number of hydrogen-bond donors (Lipinski definition) is 0. The molecule has 0 aromatic carbocycles. The fourth-order valence-electron chi connectivity index (χ4n) is 1.80. The molecule has 0 aliphatic rings. The second kappa shape index (κ2) is 6.99. The molecule has 0 fully saturated rings. The summed E-state index contributed by atoms with van der Waals surface area (Å²) in [6.45, 7) is 9.43. The maximum absolute atomic E-state index is 2.54. The first kappa shape index (κ1) is 12.5. The zero-order valence-electron chi connectivity index (χ0n) is 9.56. The molecule has 0 aliphatic carbocycles. The minimum absolute atomic E-state index is 0.353. The van der Waals surface area contributed by atoms with Crippen molar-refractivity contribution in [2.24, 2.45) is 11.8 Å². The van der Waals surface area contributed by atoms with Crippen molar-refractivity contribution >= 4 is 14.1 Å². The van der Waals surface area contributed by atoms with E-state index in [9.17, 15) is 0 Å². The third-order valence-corrected chi connectivity index (χ3v) is 6.22. The standard InChI is InChI=1S/2C5H11.CH3.Al/c2*1-4-5(2)3;;/h2*5H,2,4H2,1,3H3;1H3;. The number of rotatable bonds is 6. The lowest BCUT2D eigenvalue weighted by Crippen LogP contribution is -2.14. The van der Waals surface area contributed by atoms with E-state index in [2.05, 4.69) is 33.5 Å². The Morgan fingerprint density at radius 3 is 1.50 bits per heavy atom. The van der Waals surface area contributed by atoms with Crippen molar-refractivity contribution in [2.45, 2.75) is 56.9 Å². The number of hydrogen-bond acceptors (Lipinski definition) is 0. The predicted molar refractivity (Wildman–Crippen MR) is 60.1 cm³/mol. The van der Waals surface area contributed by atoms with E-state index in [1.165, 1.54) is 12.8 Å². The summed E-state index contributed by atoms with van der Waals surface area (Å²) >= 11 is -0.353. The summed E-state index contributed by atoms with van der Waals surface area (Å²) in [6.07, 6.45) is 2.75. The van der Waals surface area contributed by atoms with Crippen LogP contribution >= 0.6 is 0 Å². The van der Waals surface area contributed by atoms with Gasteiger partial charge in [0, 0.05) is 0 Å². The average Bonchev–Trinajstić information content (AvgIpc) is 2.03. The van der Waals surface area contributed by atoms with Crippen LogP contribution in [0.3, 0.4) is 0 Å². The molecule has 0 rings (SSSR count). The molecule has 0 amide bonds. The van der Waals surface area contributed by atoms with Crippen LogP contribution in [0.25, 0.3) is 0 Å². The van der Waals surface area contributed by atoms with E-state index in [0.29, 0.717) is 0 Å². The van der Waals surface area contributed by atoms with E-state index in [4.69, 9.17) is 0 Å². The molecule has 0 nitrogen and oxygen atoms in total. The summed E-state index contributed by atoms with van der Waals surface area (Å²) in [4.78, 5) is 0. The van der Waals surface area contributed by atoms with Crippen LogP contribution in [0.2, 0.25) is 16.4 Å². The Kier molecular flexibility index (Phi) is 7.30. The average molecular weight is 184 g/mol. The topological polar surface area (TPSA) is 0 Å². The van der Waals surface area contributed by atoms with E-state index < -0.39 is 0 Å². The van der Waals surface area contributed by atoms with Gasteiger partial charge in [0.1, 0.15) is 0 Å². The van der Waals surface area contributed by atoms with Gasteiger partial charge in [-0.25, -0.2) is 0 Å². The summed E-state index contributed by atoms with van der Waals surface area (Å²) < 4.78 is 0. The van der Waals surface area contributed by atoms with Gasteiger partial charge in [0.05, 0.1) is 0 Å². The largest absolute Gasteiger partial charge is 0.259 e. The van der Waals surface area contributed by atoms with Crippen LogP contribution in [-0.2, 0) is 0 Å². The van der Waals surface area contributed by atoms with E-state index in [-0.39, 0.29) is 14.1 Å². The SMILES string of the molecule is CCC(C)[CH2][Al]([CH3])[CH2]C(C)CC. The van der Waals surface area contributed by atoms with Gasteiger partial charge in [-0.15, -0.1) is 5.79 Å². The predicted octanol–water partition coefficient (Wildman–Crippen LogP) is 4.20. The molecule has 0 N–H and O–H groups in total. The minimum Gasteiger partial charge on any atom is -0.106 e. The molecule has 0 saturated heterocycles. The van der Waals surface area contributed by atoms with E-state index in [1.807, 2.05) is 0 Å². The molecule has 2 unspecified atom stereocenters. The maximum Gasteiger partial charge on any atom is 0.259 e. The molecule has 0 radical (unpaired) electrons. The summed E-state index contributed by atoms with van der Waals surface area (Å²) in [6, 6.07) is 0. The molecule has 0 aliphatic heterocycles. The van der Waals surface area contributed by atoms with Crippen molar-refractivity contribution in [3.8, 4) is 0 Å². The molecular formula is C11H25Al. The lowest BCUT2D eigenvalue weighted by Gasteiger charge is -2.15. The van der Waals surface area contributed by atoms with Crippen LogP contribution in [-0.4, -0.2) is 14.1 Å². The Labute approximate surface area is 83.1 Å². The van der Waals surface area contributed by atoms with Crippen LogP contribution in [0, 0.1) is 11.8 Å². The summed E-state index contributed by atoms with van der Waals surface area (Å²) in [7, 11) is 0. The Morgan fingerprint density at radius 1 is 0.917 bits per heavy atom. The highest BCUT2D eigenvalue weighted by Crippen LogP contribution is 2.18. The van der Waals surface area contributed by atoms with Gasteiger partial charge in [-0.05, 0) is 0 Å². The Balaban J connectivity index is 3.51. The highest BCUT2D eigenvalue weighted by atomic mass is 27.2. The Bertz CT molecular complexity index is 89.2. The normalized spacial score (nSPS) is 15.8. The van der Waals surface area contributed by atoms with Gasteiger partial charge in [0.15, 0.2) is 0 Å². The van der Waals surface area contributed by atoms with Gasteiger partial charge in [-0.1, -0.05) is 62.9 Å². The van der Waals surface area contributed by atoms with Crippen LogP contribution in [0.1, 0.15) is 40.5 Å². The molecule has 0 aromatic heterocycles. The van der Waals surface area contributed by atoms with Crippen molar-refractivity contribution in [1.82, 2.24) is 0 Å². The molecule has 0 bridgehead atoms. The molecule has 0 heterocycles. The van der Waals surface area contributed by atoms with Crippen molar-refractivity contribution in [2.75, 3.05) is 0 Å². The summed E-state index contributed by atoms with van der Waals surface area (Å²) in [5.74, 6) is 4.50. The van der Waals surface area contributed by atoms with Crippen molar-refractivity contribution in [3.05, 3.63) is 0 Å². The van der Waals surface area contributed by atoms with Gasteiger partial charge in [-0.3, -0.25) is 0 Å². The van der Waals surface area contributed by atoms with Crippen molar-refractivity contribution in [1.29, 1.82) is 0 Å². The van der Waals surface area contributed by atoms with E-state index in [1.54, 1.807) is 10.6 Å². The molecule has 12 heavy (non-hydrogen) atoms. The lowest BCUT2D eigenvalue weighted by molar-refractivity contribution is 0.593. The fraction of sp³-hybridized carbons (Fsp3) is 1.00. The molecule has 0 aromatic rings. The fourth-order valence-corrected chi connectivity index (χ4v) is 5.41. The van der Waals surface area contributed by atoms with Gasteiger partial charge < -0.3 is 0 Å². The molecular weight excluding hydrogens is 159 g/mol. The molecule has 0 spiro atoms. The third-order valence-electron chi connectivity index (χ3n) is 3.00. The first-order valence-electron chi connectivity index (χ1n) is 5.60. The van der Waals surface area contributed by atoms with Crippen LogP contribution in [0.4, 0.5) is 0 Å². The third kappa shape index (κ3) is 6.09. The zero-order chi connectivity index (χ0) is 9.56. The first-order valence-corrected chi connectivity index (χ1v) is 8.38. The van der Waals surface area contributed by atoms with E-state index in [0.717, 1.165) is 11.8 Å². The van der Waals surface area contributed by atoms with E-state index >= 15 is 0 Å². The second-order valence-corrected chi connectivity index (χ2v) is 7.76. The molecule has 0 saturated carbocycles. The van der Waals surface area contributed by atoms with Gasteiger partial charge in [0.2, 0.25) is 0 Å². The van der Waals surface area contributed by atoms with Crippen LogP contribution < -0.4 is 0 Å². The maximum atomic E-state index is 2.54. The monoisotopic (exact) mass is 184 g/mol. The highest BCUT2D eigenvalue weighted by Gasteiger charge is 2.15. The first-order chi connectivity index (χ1) is 5.60. The van der Waals surface area contributed by atoms with Crippen LogP contribution in [0.5, 0.6) is 0 Å². The quantitative estimate of drug-likeness (QED) is 0.543. The minimum atomic E-state index is -0.353. The highest BCUT2D eigenvalue weighted by molar-refractivity contribution is 6.57. The Morgan fingerprint density at radius 2 is 1.25 bits per heavy atom. The summed E-state index contributed by atoms with van der Waals surface area (Å²) in [5.41, 5.74) is 0. The Hall–Kier alpha value is 0.532.